The van der Waals surface area contributed by atoms with Crippen molar-refractivity contribution in [2.24, 2.45) is 11.7 Å². The van der Waals surface area contributed by atoms with Gasteiger partial charge in [-0.3, -0.25) is 0 Å². The van der Waals surface area contributed by atoms with Crippen molar-refractivity contribution in [1.29, 1.82) is 0 Å². The number of rotatable bonds is 6. The largest absolute Gasteiger partial charge is 0.330 e. The highest BCUT2D eigenvalue weighted by atomic mass is 15.2. The van der Waals surface area contributed by atoms with Gasteiger partial charge in [0.05, 0.1) is 0 Å². The fraction of sp³-hybridized carbons (Fsp3) is 1.00. The molecule has 0 unspecified atom stereocenters. The van der Waals surface area contributed by atoms with Crippen LogP contribution in [0.2, 0.25) is 0 Å². The third-order valence-corrected chi connectivity index (χ3v) is 3.33. The molecule has 1 aliphatic heterocycles. The fourth-order valence-electron chi connectivity index (χ4n) is 2.13. The van der Waals surface area contributed by atoms with Gasteiger partial charge in [-0.15, -0.1) is 0 Å². The first kappa shape index (κ1) is 12.0. The van der Waals surface area contributed by atoms with E-state index in [9.17, 15) is 0 Å². The van der Waals surface area contributed by atoms with Gasteiger partial charge in [0.2, 0.25) is 0 Å². The van der Waals surface area contributed by atoms with Crippen molar-refractivity contribution in [2.45, 2.75) is 20.3 Å². The maximum absolute atomic E-state index is 5.67. The Balaban J connectivity index is 2.13. The second kappa shape index (κ2) is 6.38. The summed E-state index contributed by atoms with van der Waals surface area (Å²) in [6.07, 6.45) is 1.30. The summed E-state index contributed by atoms with van der Waals surface area (Å²) in [4.78, 5) is 5.03. The first-order valence-electron chi connectivity index (χ1n) is 5.94. The van der Waals surface area contributed by atoms with E-state index in [0.29, 0.717) is 0 Å². The highest BCUT2D eigenvalue weighted by Gasteiger charge is 2.20. The van der Waals surface area contributed by atoms with E-state index < -0.39 is 0 Å². The van der Waals surface area contributed by atoms with Gasteiger partial charge in [-0.05, 0) is 38.5 Å². The van der Waals surface area contributed by atoms with E-state index in [1.807, 2.05) is 0 Å². The van der Waals surface area contributed by atoms with Crippen molar-refractivity contribution >= 4 is 0 Å². The number of likely N-dealkylation sites (tertiary alicyclic amines) is 1. The molecule has 3 heteroatoms. The molecule has 0 amide bonds. The second-order valence-corrected chi connectivity index (χ2v) is 4.22. The Kier molecular flexibility index (Phi) is 5.45. The molecule has 0 spiro atoms. The van der Waals surface area contributed by atoms with Crippen LogP contribution in [0.3, 0.4) is 0 Å². The highest BCUT2D eigenvalue weighted by molar-refractivity contribution is 4.76. The maximum Gasteiger partial charge on any atom is 0.0109 e. The van der Waals surface area contributed by atoms with Crippen LogP contribution in [-0.2, 0) is 0 Å². The Morgan fingerprint density at radius 2 is 2.07 bits per heavy atom. The van der Waals surface area contributed by atoms with E-state index in [2.05, 4.69) is 23.6 Å². The topological polar surface area (TPSA) is 32.5 Å². The van der Waals surface area contributed by atoms with E-state index in [1.54, 1.807) is 0 Å². The molecule has 1 saturated heterocycles. The first-order valence-corrected chi connectivity index (χ1v) is 5.94. The van der Waals surface area contributed by atoms with Gasteiger partial charge >= 0.3 is 0 Å². The Morgan fingerprint density at radius 3 is 2.57 bits per heavy atom. The minimum absolute atomic E-state index is 0.756. The van der Waals surface area contributed by atoms with Crippen LogP contribution in [0.4, 0.5) is 0 Å². The molecule has 0 aromatic carbocycles. The maximum atomic E-state index is 5.67. The van der Waals surface area contributed by atoms with Crippen molar-refractivity contribution in [1.82, 2.24) is 9.80 Å². The molecule has 0 aromatic heterocycles. The summed E-state index contributed by atoms with van der Waals surface area (Å²) in [5.74, 6) is 0.756. The van der Waals surface area contributed by atoms with E-state index in [-0.39, 0.29) is 0 Å². The van der Waals surface area contributed by atoms with Crippen molar-refractivity contribution in [3.63, 3.8) is 0 Å². The normalized spacial score (nSPS) is 23.6. The highest BCUT2D eigenvalue weighted by Crippen LogP contribution is 2.13. The van der Waals surface area contributed by atoms with E-state index >= 15 is 0 Å². The number of hydrogen-bond acceptors (Lipinski definition) is 3. The van der Waals surface area contributed by atoms with Crippen molar-refractivity contribution in [3.05, 3.63) is 0 Å². The van der Waals surface area contributed by atoms with Gasteiger partial charge in [-0.1, -0.05) is 13.8 Å². The van der Waals surface area contributed by atoms with Crippen LogP contribution in [0.5, 0.6) is 0 Å². The van der Waals surface area contributed by atoms with Crippen LogP contribution in [0.25, 0.3) is 0 Å². The van der Waals surface area contributed by atoms with Gasteiger partial charge in [0, 0.05) is 19.6 Å². The lowest BCUT2D eigenvalue weighted by Crippen LogP contribution is -2.34. The lowest BCUT2D eigenvalue weighted by Gasteiger charge is -2.22. The molecular formula is C11H25N3. The number of likely N-dealkylation sites (N-methyl/N-ethyl adjacent to an activating group) is 1. The molecule has 1 fully saturated rings. The molecule has 1 rings (SSSR count). The fourth-order valence-corrected chi connectivity index (χ4v) is 2.13. The molecule has 0 bridgehead atoms. The van der Waals surface area contributed by atoms with E-state index in [4.69, 9.17) is 5.73 Å². The number of nitrogens with zero attached hydrogens (tertiary/aromatic N) is 2. The van der Waals surface area contributed by atoms with Gasteiger partial charge < -0.3 is 15.5 Å². The lowest BCUT2D eigenvalue weighted by atomic mass is 10.1. The van der Waals surface area contributed by atoms with Crippen LogP contribution in [0, 0.1) is 5.92 Å². The van der Waals surface area contributed by atoms with Crippen LogP contribution in [0.15, 0.2) is 0 Å². The third kappa shape index (κ3) is 3.56. The van der Waals surface area contributed by atoms with Crippen LogP contribution >= 0.6 is 0 Å². The molecule has 84 valence electrons. The van der Waals surface area contributed by atoms with Crippen molar-refractivity contribution in [3.8, 4) is 0 Å². The quantitative estimate of drug-likeness (QED) is 0.680. The van der Waals surface area contributed by atoms with Crippen molar-refractivity contribution in [2.75, 3.05) is 45.8 Å². The second-order valence-electron chi connectivity index (χ2n) is 4.22. The first-order chi connectivity index (χ1) is 6.80. The summed E-state index contributed by atoms with van der Waals surface area (Å²) in [5, 5.41) is 0. The molecular weight excluding hydrogens is 174 g/mol. The van der Waals surface area contributed by atoms with Gasteiger partial charge in [0.25, 0.3) is 0 Å². The predicted octanol–water partition coefficient (Wildman–Crippen LogP) is 0.609. The Morgan fingerprint density at radius 1 is 1.36 bits per heavy atom. The Bertz CT molecular complexity index is 145. The molecule has 3 nitrogen and oxygen atoms in total. The minimum atomic E-state index is 0.756. The van der Waals surface area contributed by atoms with Crippen molar-refractivity contribution < 1.29 is 0 Å². The summed E-state index contributed by atoms with van der Waals surface area (Å²) in [6, 6.07) is 0. The summed E-state index contributed by atoms with van der Waals surface area (Å²) in [7, 11) is 0. The zero-order valence-corrected chi connectivity index (χ0v) is 9.71. The predicted molar refractivity (Wildman–Crippen MR) is 61.4 cm³/mol. The zero-order chi connectivity index (χ0) is 10.4. The molecule has 0 aromatic rings. The van der Waals surface area contributed by atoms with Crippen LogP contribution in [0.1, 0.15) is 20.3 Å². The summed E-state index contributed by atoms with van der Waals surface area (Å²) >= 11 is 0. The van der Waals surface area contributed by atoms with Crippen LogP contribution < -0.4 is 5.73 Å². The SMILES string of the molecule is CCN(CC)CCN1CC[C@@H](CN)C1. The minimum Gasteiger partial charge on any atom is -0.330 e. The number of hydrogen-bond donors (Lipinski definition) is 1. The molecule has 0 radical (unpaired) electrons. The van der Waals surface area contributed by atoms with Gasteiger partial charge in [0.15, 0.2) is 0 Å². The molecule has 1 atom stereocenters. The standard InChI is InChI=1S/C11H25N3/c1-3-13(4-2)7-8-14-6-5-11(9-12)10-14/h11H,3-10,12H2,1-2H3/t11-/m0/s1. The van der Waals surface area contributed by atoms with E-state index in [0.717, 1.165) is 12.5 Å². The lowest BCUT2D eigenvalue weighted by molar-refractivity contribution is 0.237. The third-order valence-electron chi connectivity index (χ3n) is 3.33. The molecule has 2 N–H and O–H groups in total. The van der Waals surface area contributed by atoms with Gasteiger partial charge in [-0.25, -0.2) is 0 Å². The zero-order valence-electron chi connectivity index (χ0n) is 9.71. The van der Waals surface area contributed by atoms with Gasteiger partial charge in [0.1, 0.15) is 0 Å². The molecule has 0 aliphatic carbocycles. The molecule has 0 saturated carbocycles. The smallest absolute Gasteiger partial charge is 0.0109 e. The summed E-state index contributed by atoms with van der Waals surface area (Å²) in [6.45, 7) is 12.6. The molecule has 1 aliphatic rings. The average molecular weight is 199 g/mol. The monoisotopic (exact) mass is 199 g/mol. The van der Waals surface area contributed by atoms with E-state index in [1.165, 1.54) is 45.7 Å². The Labute approximate surface area is 88.2 Å². The summed E-state index contributed by atoms with van der Waals surface area (Å²) in [5.41, 5.74) is 5.67. The number of nitrogens with two attached hydrogens (primary N) is 1. The summed E-state index contributed by atoms with van der Waals surface area (Å²) < 4.78 is 0. The Hall–Kier alpha value is -0.120. The average Bonchev–Trinajstić information content (AvgIpc) is 2.67. The van der Waals surface area contributed by atoms with Gasteiger partial charge in [-0.2, -0.15) is 0 Å². The molecule has 14 heavy (non-hydrogen) atoms. The molecule has 1 heterocycles. The van der Waals surface area contributed by atoms with Crippen LogP contribution in [-0.4, -0.2) is 55.6 Å².